The average molecular weight is 247 g/mol. The molecule has 2 rings (SSSR count). The number of nitrogens with one attached hydrogen (secondary N) is 2. The fourth-order valence-corrected chi connectivity index (χ4v) is 2.89. The predicted molar refractivity (Wildman–Crippen MR) is 67.8 cm³/mol. The summed E-state index contributed by atoms with van der Waals surface area (Å²) in [5, 5.41) is 6.49. The molecule has 4 heteroatoms. The Hall–Kier alpha value is -0.280. The zero-order valence-corrected chi connectivity index (χ0v) is 10.8. The smallest absolute Gasteiger partial charge is 0.224 e. The monoisotopic (exact) mass is 246 g/mol. The third kappa shape index (κ3) is 3.11. The summed E-state index contributed by atoms with van der Waals surface area (Å²) in [7, 11) is 0. The van der Waals surface area contributed by atoms with Crippen LogP contribution in [0.3, 0.4) is 0 Å². The molecule has 1 amide bonds. The molecule has 0 aromatic heterocycles. The maximum absolute atomic E-state index is 11.9. The normalized spacial score (nSPS) is 33.4. The van der Waals surface area contributed by atoms with Crippen molar-refractivity contribution < 1.29 is 4.79 Å². The molecule has 0 aromatic rings. The van der Waals surface area contributed by atoms with Gasteiger partial charge in [0.25, 0.3) is 0 Å². The van der Waals surface area contributed by atoms with Gasteiger partial charge in [-0.3, -0.25) is 4.79 Å². The van der Waals surface area contributed by atoms with E-state index in [1.54, 1.807) is 0 Å². The number of hydrogen-bond acceptors (Lipinski definition) is 2. The lowest BCUT2D eigenvalue weighted by Crippen LogP contribution is -2.41. The SMILES string of the molecule is CCC1CCCC1NC(=O)[C@@H]1CCNC1.Cl. The number of carbonyl (C=O) groups is 1. The Morgan fingerprint density at radius 1 is 1.38 bits per heavy atom. The number of amides is 1. The first-order valence-corrected chi connectivity index (χ1v) is 6.32. The van der Waals surface area contributed by atoms with E-state index < -0.39 is 0 Å². The second kappa shape index (κ2) is 6.45. The number of carbonyl (C=O) groups excluding carboxylic acids is 1. The van der Waals surface area contributed by atoms with Crippen molar-refractivity contribution in [1.29, 1.82) is 0 Å². The summed E-state index contributed by atoms with van der Waals surface area (Å²) < 4.78 is 0. The molecular formula is C12H23ClN2O. The zero-order chi connectivity index (χ0) is 10.7. The van der Waals surface area contributed by atoms with Gasteiger partial charge < -0.3 is 10.6 Å². The first-order valence-electron chi connectivity index (χ1n) is 6.32. The van der Waals surface area contributed by atoms with Gasteiger partial charge in [0.05, 0.1) is 5.92 Å². The minimum Gasteiger partial charge on any atom is -0.353 e. The van der Waals surface area contributed by atoms with Gasteiger partial charge in [-0.2, -0.15) is 0 Å². The summed E-state index contributed by atoms with van der Waals surface area (Å²) in [6, 6.07) is 0.461. The molecule has 2 unspecified atom stereocenters. The maximum atomic E-state index is 11.9. The van der Waals surface area contributed by atoms with Crippen molar-refractivity contribution in [3.63, 3.8) is 0 Å². The van der Waals surface area contributed by atoms with E-state index in [0.29, 0.717) is 6.04 Å². The molecule has 1 aliphatic heterocycles. The van der Waals surface area contributed by atoms with Crippen LogP contribution in [0, 0.1) is 11.8 Å². The van der Waals surface area contributed by atoms with Gasteiger partial charge in [-0.25, -0.2) is 0 Å². The van der Waals surface area contributed by atoms with Gasteiger partial charge in [-0.05, 0) is 31.7 Å². The lowest BCUT2D eigenvalue weighted by molar-refractivity contribution is -0.125. The van der Waals surface area contributed by atoms with Crippen LogP contribution in [-0.4, -0.2) is 25.0 Å². The Labute approximate surface area is 104 Å². The molecule has 3 atom stereocenters. The first kappa shape index (κ1) is 13.8. The molecule has 1 heterocycles. The molecule has 2 aliphatic rings. The van der Waals surface area contributed by atoms with Crippen LogP contribution in [-0.2, 0) is 4.79 Å². The van der Waals surface area contributed by atoms with Crippen LogP contribution in [0.1, 0.15) is 39.0 Å². The van der Waals surface area contributed by atoms with Crippen molar-refractivity contribution in [2.45, 2.75) is 45.1 Å². The molecule has 2 fully saturated rings. The Morgan fingerprint density at radius 2 is 2.19 bits per heavy atom. The highest BCUT2D eigenvalue weighted by atomic mass is 35.5. The first-order chi connectivity index (χ1) is 7.31. The van der Waals surface area contributed by atoms with Crippen molar-refractivity contribution in [3.05, 3.63) is 0 Å². The second-order valence-corrected chi connectivity index (χ2v) is 4.90. The fourth-order valence-electron chi connectivity index (χ4n) is 2.89. The molecule has 94 valence electrons. The Balaban J connectivity index is 0.00000128. The van der Waals surface area contributed by atoms with Gasteiger partial charge in [0.15, 0.2) is 0 Å². The van der Waals surface area contributed by atoms with Crippen LogP contribution in [0.4, 0.5) is 0 Å². The van der Waals surface area contributed by atoms with Gasteiger partial charge in [0, 0.05) is 12.6 Å². The van der Waals surface area contributed by atoms with E-state index in [9.17, 15) is 4.79 Å². The van der Waals surface area contributed by atoms with Crippen molar-refractivity contribution in [2.24, 2.45) is 11.8 Å². The standard InChI is InChI=1S/C12H22N2O.ClH/c1-2-9-4-3-5-11(9)14-12(15)10-6-7-13-8-10;/h9-11,13H,2-8H2,1H3,(H,14,15);1H/t9?,10-,11?;/m1./s1. The Bertz CT molecular complexity index is 229. The average Bonchev–Trinajstić information content (AvgIpc) is 2.87. The number of halogens is 1. The van der Waals surface area contributed by atoms with Crippen LogP contribution < -0.4 is 10.6 Å². The molecule has 1 aliphatic carbocycles. The van der Waals surface area contributed by atoms with E-state index in [4.69, 9.17) is 0 Å². The van der Waals surface area contributed by atoms with E-state index in [0.717, 1.165) is 25.4 Å². The molecule has 1 saturated carbocycles. The largest absolute Gasteiger partial charge is 0.353 e. The van der Waals surface area contributed by atoms with Gasteiger partial charge in [-0.15, -0.1) is 12.4 Å². The maximum Gasteiger partial charge on any atom is 0.224 e. The van der Waals surface area contributed by atoms with E-state index in [-0.39, 0.29) is 24.2 Å². The molecule has 0 aromatic carbocycles. The topological polar surface area (TPSA) is 41.1 Å². The molecule has 2 N–H and O–H groups in total. The second-order valence-electron chi connectivity index (χ2n) is 4.90. The summed E-state index contributed by atoms with van der Waals surface area (Å²) >= 11 is 0. The number of rotatable bonds is 3. The van der Waals surface area contributed by atoms with Crippen LogP contribution in [0.5, 0.6) is 0 Å². The lowest BCUT2D eigenvalue weighted by atomic mass is 9.99. The molecule has 3 nitrogen and oxygen atoms in total. The van der Waals surface area contributed by atoms with Gasteiger partial charge in [0.2, 0.25) is 5.91 Å². The minimum atomic E-state index is 0. The fraction of sp³-hybridized carbons (Fsp3) is 0.917. The summed E-state index contributed by atoms with van der Waals surface area (Å²) in [6.07, 6.45) is 5.98. The summed E-state index contributed by atoms with van der Waals surface area (Å²) in [6.45, 7) is 4.10. The highest BCUT2D eigenvalue weighted by Gasteiger charge is 2.30. The van der Waals surface area contributed by atoms with E-state index >= 15 is 0 Å². The van der Waals surface area contributed by atoms with Crippen molar-refractivity contribution in [2.75, 3.05) is 13.1 Å². The minimum absolute atomic E-state index is 0. The molecular weight excluding hydrogens is 224 g/mol. The van der Waals surface area contributed by atoms with Crippen LogP contribution in [0.2, 0.25) is 0 Å². The molecule has 1 saturated heterocycles. The van der Waals surface area contributed by atoms with Crippen molar-refractivity contribution in [3.8, 4) is 0 Å². The Morgan fingerprint density at radius 3 is 2.81 bits per heavy atom. The van der Waals surface area contributed by atoms with Gasteiger partial charge >= 0.3 is 0 Å². The summed E-state index contributed by atoms with van der Waals surface area (Å²) in [5.74, 6) is 1.23. The van der Waals surface area contributed by atoms with E-state index in [1.807, 2.05) is 0 Å². The molecule has 0 spiro atoms. The van der Waals surface area contributed by atoms with E-state index in [2.05, 4.69) is 17.6 Å². The lowest BCUT2D eigenvalue weighted by Gasteiger charge is -2.21. The Kier molecular flexibility index (Phi) is 5.56. The molecule has 0 bridgehead atoms. The number of hydrogen-bond donors (Lipinski definition) is 2. The zero-order valence-electron chi connectivity index (χ0n) is 10.00. The highest BCUT2D eigenvalue weighted by Crippen LogP contribution is 2.28. The summed E-state index contributed by atoms with van der Waals surface area (Å²) in [4.78, 5) is 11.9. The molecule has 0 radical (unpaired) electrons. The van der Waals surface area contributed by atoms with Crippen molar-refractivity contribution in [1.82, 2.24) is 10.6 Å². The quantitative estimate of drug-likeness (QED) is 0.796. The van der Waals surface area contributed by atoms with Crippen molar-refractivity contribution >= 4 is 18.3 Å². The van der Waals surface area contributed by atoms with Crippen LogP contribution in [0.25, 0.3) is 0 Å². The molecule has 16 heavy (non-hydrogen) atoms. The van der Waals surface area contributed by atoms with Crippen LogP contribution in [0.15, 0.2) is 0 Å². The van der Waals surface area contributed by atoms with Crippen LogP contribution >= 0.6 is 12.4 Å². The predicted octanol–water partition coefficient (Wildman–Crippen LogP) is 1.71. The van der Waals surface area contributed by atoms with Gasteiger partial charge in [0.1, 0.15) is 0 Å². The van der Waals surface area contributed by atoms with E-state index in [1.165, 1.54) is 25.7 Å². The third-order valence-electron chi connectivity index (χ3n) is 3.94. The van der Waals surface area contributed by atoms with Gasteiger partial charge in [-0.1, -0.05) is 19.8 Å². The third-order valence-corrected chi connectivity index (χ3v) is 3.94. The highest BCUT2D eigenvalue weighted by molar-refractivity contribution is 5.85. The summed E-state index contributed by atoms with van der Waals surface area (Å²) in [5.41, 5.74) is 0.